The van der Waals surface area contributed by atoms with Crippen molar-refractivity contribution in [1.29, 1.82) is 0 Å². The Balaban J connectivity index is 1.59. The minimum Gasteiger partial charge on any atom is -0.491 e. The SMILES string of the molecule is Cc1nc(Nc2ccc(OC(C)C)cc2)cc(C(=O)NCCC2=CCCCC2)n1. The van der Waals surface area contributed by atoms with Gasteiger partial charge in [-0.25, -0.2) is 9.97 Å². The summed E-state index contributed by atoms with van der Waals surface area (Å²) < 4.78 is 5.66. The first-order valence-corrected chi connectivity index (χ1v) is 10.3. The highest BCUT2D eigenvalue weighted by molar-refractivity contribution is 5.93. The van der Waals surface area contributed by atoms with Crippen molar-refractivity contribution in [2.75, 3.05) is 11.9 Å². The number of nitrogens with one attached hydrogen (secondary N) is 2. The van der Waals surface area contributed by atoms with Gasteiger partial charge in [0.15, 0.2) is 0 Å². The quantitative estimate of drug-likeness (QED) is 0.621. The van der Waals surface area contributed by atoms with Crippen molar-refractivity contribution in [2.45, 2.75) is 59.0 Å². The number of allylic oxidation sites excluding steroid dienone is 1. The molecule has 6 heteroatoms. The molecule has 1 heterocycles. The molecule has 2 aromatic rings. The molecule has 0 saturated carbocycles. The predicted molar refractivity (Wildman–Crippen MR) is 116 cm³/mol. The number of hydrogen-bond acceptors (Lipinski definition) is 5. The van der Waals surface area contributed by atoms with Crippen molar-refractivity contribution >= 4 is 17.4 Å². The monoisotopic (exact) mass is 394 g/mol. The lowest BCUT2D eigenvalue weighted by atomic mass is 9.97. The van der Waals surface area contributed by atoms with E-state index >= 15 is 0 Å². The normalized spacial score (nSPS) is 13.7. The molecule has 0 spiro atoms. The van der Waals surface area contributed by atoms with E-state index in [1.165, 1.54) is 18.4 Å². The van der Waals surface area contributed by atoms with Crippen molar-refractivity contribution < 1.29 is 9.53 Å². The van der Waals surface area contributed by atoms with Gasteiger partial charge in [-0.05, 0) is 77.1 Å². The number of aryl methyl sites for hydroxylation is 1. The van der Waals surface area contributed by atoms with Crippen LogP contribution in [0.4, 0.5) is 11.5 Å². The third kappa shape index (κ3) is 6.59. The van der Waals surface area contributed by atoms with Gasteiger partial charge in [-0.15, -0.1) is 0 Å². The number of anilines is 2. The van der Waals surface area contributed by atoms with Crippen LogP contribution in [0, 0.1) is 6.92 Å². The molecule has 1 aliphatic rings. The summed E-state index contributed by atoms with van der Waals surface area (Å²) >= 11 is 0. The number of hydrogen-bond donors (Lipinski definition) is 2. The summed E-state index contributed by atoms with van der Waals surface area (Å²) in [6.45, 7) is 6.41. The van der Waals surface area contributed by atoms with Crippen LogP contribution in [-0.2, 0) is 0 Å². The van der Waals surface area contributed by atoms with Crippen molar-refractivity contribution in [3.63, 3.8) is 0 Å². The summed E-state index contributed by atoms with van der Waals surface area (Å²) in [5.74, 6) is 1.79. The molecular weight excluding hydrogens is 364 g/mol. The number of ether oxygens (including phenoxy) is 1. The number of carbonyl (C=O) groups is 1. The van der Waals surface area contributed by atoms with E-state index in [0.29, 0.717) is 23.9 Å². The maximum absolute atomic E-state index is 12.5. The zero-order chi connectivity index (χ0) is 20.6. The molecule has 0 aliphatic heterocycles. The Labute approximate surface area is 172 Å². The van der Waals surface area contributed by atoms with Gasteiger partial charge in [0.2, 0.25) is 0 Å². The summed E-state index contributed by atoms with van der Waals surface area (Å²) in [6.07, 6.45) is 8.19. The van der Waals surface area contributed by atoms with Crippen LogP contribution in [0.1, 0.15) is 62.3 Å². The van der Waals surface area contributed by atoms with Crippen LogP contribution in [0.3, 0.4) is 0 Å². The fourth-order valence-corrected chi connectivity index (χ4v) is 3.34. The Morgan fingerprint density at radius 1 is 1.17 bits per heavy atom. The standard InChI is InChI=1S/C23H30N4O2/c1-16(2)29-20-11-9-19(10-12-20)27-22-15-21(25-17(3)26-22)23(28)24-14-13-18-7-5-4-6-8-18/h7,9-12,15-16H,4-6,8,13-14H2,1-3H3,(H,24,28)(H,25,26,27). The van der Waals surface area contributed by atoms with Crippen molar-refractivity contribution in [3.05, 3.63) is 53.5 Å². The topological polar surface area (TPSA) is 76.1 Å². The zero-order valence-corrected chi connectivity index (χ0v) is 17.5. The fraction of sp³-hybridized carbons (Fsp3) is 0.435. The van der Waals surface area contributed by atoms with E-state index in [0.717, 1.165) is 30.7 Å². The Bertz CT molecular complexity index is 860. The highest BCUT2D eigenvalue weighted by Crippen LogP contribution is 2.21. The van der Waals surface area contributed by atoms with Crippen LogP contribution < -0.4 is 15.4 Å². The molecule has 0 bridgehead atoms. The van der Waals surface area contributed by atoms with E-state index < -0.39 is 0 Å². The molecular formula is C23H30N4O2. The fourth-order valence-electron chi connectivity index (χ4n) is 3.34. The average molecular weight is 395 g/mol. The van der Waals surface area contributed by atoms with Gasteiger partial charge in [0.05, 0.1) is 6.10 Å². The van der Waals surface area contributed by atoms with Crippen molar-refractivity contribution in [2.24, 2.45) is 0 Å². The van der Waals surface area contributed by atoms with Gasteiger partial charge in [0.25, 0.3) is 5.91 Å². The van der Waals surface area contributed by atoms with Crippen LogP contribution in [0.25, 0.3) is 0 Å². The van der Waals surface area contributed by atoms with E-state index in [2.05, 4.69) is 26.7 Å². The smallest absolute Gasteiger partial charge is 0.270 e. The van der Waals surface area contributed by atoms with Gasteiger partial charge < -0.3 is 15.4 Å². The number of amides is 1. The summed E-state index contributed by atoms with van der Waals surface area (Å²) in [7, 11) is 0. The van der Waals surface area contributed by atoms with E-state index in [-0.39, 0.29) is 12.0 Å². The molecule has 154 valence electrons. The van der Waals surface area contributed by atoms with Gasteiger partial charge in [0, 0.05) is 18.3 Å². The third-order valence-electron chi connectivity index (χ3n) is 4.69. The van der Waals surface area contributed by atoms with Crippen LogP contribution in [-0.4, -0.2) is 28.5 Å². The number of aromatic nitrogens is 2. The van der Waals surface area contributed by atoms with Crippen molar-refractivity contribution in [3.8, 4) is 5.75 Å². The zero-order valence-electron chi connectivity index (χ0n) is 17.5. The molecule has 1 aromatic heterocycles. The lowest BCUT2D eigenvalue weighted by Crippen LogP contribution is -2.26. The summed E-state index contributed by atoms with van der Waals surface area (Å²) in [4.78, 5) is 21.2. The van der Waals surface area contributed by atoms with Crippen LogP contribution >= 0.6 is 0 Å². The molecule has 1 aliphatic carbocycles. The molecule has 0 atom stereocenters. The first-order chi connectivity index (χ1) is 14.0. The van der Waals surface area contributed by atoms with Gasteiger partial charge in [0.1, 0.15) is 23.1 Å². The molecule has 1 aromatic carbocycles. The largest absolute Gasteiger partial charge is 0.491 e. The Morgan fingerprint density at radius 2 is 1.97 bits per heavy atom. The van der Waals surface area contributed by atoms with Crippen LogP contribution in [0.5, 0.6) is 5.75 Å². The average Bonchev–Trinajstić information content (AvgIpc) is 2.69. The summed E-state index contributed by atoms with van der Waals surface area (Å²) in [5.41, 5.74) is 2.69. The molecule has 0 saturated heterocycles. The molecule has 29 heavy (non-hydrogen) atoms. The minimum atomic E-state index is -0.171. The first kappa shape index (κ1) is 20.8. The van der Waals surface area contributed by atoms with Crippen LogP contribution in [0.15, 0.2) is 42.0 Å². The molecule has 6 nitrogen and oxygen atoms in total. The maximum atomic E-state index is 12.5. The van der Waals surface area contributed by atoms with Crippen molar-refractivity contribution in [1.82, 2.24) is 15.3 Å². The highest BCUT2D eigenvalue weighted by Gasteiger charge is 2.11. The minimum absolute atomic E-state index is 0.133. The Kier molecular flexibility index (Phi) is 7.22. The van der Waals surface area contributed by atoms with E-state index in [9.17, 15) is 4.79 Å². The number of rotatable bonds is 8. The van der Waals surface area contributed by atoms with E-state index in [4.69, 9.17) is 4.74 Å². The molecule has 0 fully saturated rings. The summed E-state index contributed by atoms with van der Waals surface area (Å²) in [6, 6.07) is 9.34. The van der Waals surface area contributed by atoms with Gasteiger partial charge >= 0.3 is 0 Å². The Morgan fingerprint density at radius 3 is 2.66 bits per heavy atom. The lowest BCUT2D eigenvalue weighted by molar-refractivity contribution is 0.0948. The first-order valence-electron chi connectivity index (χ1n) is 10.3. The van der Waals surface area contributed by atoms with Gasteiger partial charge in [-0.1, -0.05) is 11.6 Å². The van der Waals surface area contributed by atoms with Crippen LogP contribution in [0.2, 0.25) is 0 Å². The lowest BCUT2D eigenvalue weighted by Gasteiger charge is -2.13. The molecule has 0 unspecified atom stereocenters. The van der Waals surface area contributed by atoms with Gasteiger partial charge in [-0.2, -0.15) is 0 Å². The second kappa shape index (κ2) is 10.0. The number of benzene rings is 1. The maximum Gasteiger partial charge on any atom is 0.270 e. The number of nitrogens with zero attached hydrogens (tertiary/aromatic N) is 2. The van der Waals surface area contributed by atoms with E-state index in [1.807, 2.05) is 38.1 Å². The highest BCUT2D eigenvalue weighted by atomic mass is 16.5. The molecule has 2 N–H and O–H groups in total. The predicted octanol–water partition coefficient (Wildman–Crippen LogP) is 4.94. The molecule has 0 radical (unpaired) electrons. The third-order valence-corrected chi connectivity index (χ3v) is 4.69. The second-order valence-corrected chi connectivity index (χ2v) is 7.62. The number of carbonyl (C=O) groups excluding carboxylic acids is 1. The Hall–Kier alpha value is -2.89. The molecule has 1 amide bonds. The second-order valence-electron chi connectivity index (χ2n) is 7.62. The summed E-state index contributed by atoms with van der Waals surface area (Å²) in [5, 5.41) is 6.21. The van der Waals surface area contributed by atoms with Gasteiger partial charge in [-0.3, -0.25) is 4.79 Å². The molecule has 3 rings (SSSR count). The van der Waals surface area contributed by atoms with E-state index in [1.54, 1.807) is 13.0 Å².